The van der Waals surface area contributed by atoms with E-state index in [2.05, 4.69) is 25.9 Å². The molecular formula is C10H10BrNO3. The van der Waals surface area contributed by atoms with E-state index >= 15 is 0 Å². The van der Waals surface area contributed by atoms with Crippen LogP contribution in [0.15, 0.2) is 27.8 Å². The van der Waals surface area contributed by atoms with Gasteiger partial charge in [-0.05, 0) is 18.2 Å². The summed E-state index contributed by atoms with van der Waals surface area (Å²) in [5, 5.41) is 3.52. The van der Waals surface area contributed by atoms with Gasteiger partial charge in [-0.15, -0.1) is 0 Å². The van der Waals surface area contributed by atoms with E-state index in [9.17, 15) is 4.79 Å². The second-order valence-electron chi connectivity index (χ2n) is 2.70. The lowest BCUT2D eigenvalue weighted by Crippen LogP contribution is -1.94. The highest BCUT2D eigenvalue weighted by Crippen LogP contribution is 2.21. The molecule has 0 heterocycles. The van der Waals surface area contributed by atoms with Crippen molar-refractivity contribution in [3.05, 3.63) is 28.2 Å². The Hall–Kier alpha value is -1.36. The minimum absolute atomic E-state index is 0.458. The van der Waals surface area contributed by atoms with E-state index in [1.54, 1.807) is 13.2 Å². The number of carbonyl (C=O) groups excluding carboxylic acids is 1. The number of halogens is 1. The summed E-state index contributed by atoms with van der Waals surface area (Å²) in [4.78, 5) is 14.9. The maximum Gasteiger partial charge on any atom is 0.331 e. The van der Waals surface area contributed by atoms with Gasteiger partial charge in [-0.2, -0.15) is 0 Å². The Balaban J connectivity index is 2.87. The van der Waals surface area contributed by atoms with Gasteiger partial charge in [0.25, 0.3) is 0 Å². The molecule has 0 spiro atoms. The summed E-state index contributed by atoms with van der Waals surface area (Å²) in [5.74, 6) is 0.203. The highest BCUT2D eigenvalue weighted by molar-refractivity contribution is 9.10. The SMILES string of the molecule is COc1ccc(Br)cc1/C=N/OC(C)=O. The number of hydrogen-bond acceptors (Lipinski definition) is 4. The van der Waals surface area contributed by atoms with Gasteiger partial charge in [0, 0.05) is 17.0 Å². The van der Waals surface area contributed by atoms with Gasteiger partial charge in [0.15, 0.2) is 0 Å². The number of rotatable bonds is 3. The fourth-order valence-corrected chi connectivity index (χ4v) is 1.34. The van der Waals surface area contributed by atoms with E-state index in [0.717, 1.165) is 10.0 Å². The summed E-state index contributed by atoms with van der Waals surface area (Å²) in [6.07, 6.45) is 1.42. The normalized spacial score (nSPS) is 10.3. The molecule has 1 aromatic rings. The molecule has 0 amide bonds. The molecule has 0 N–H and O–H groups in total. The second-order valence-corrected chi connectivity index (χ2v) is 3.62. The number of hydrogen-bond donors (Lipinski definition) is 0. The molecule has 0 atom stereocenters. The van der Waals surface area contributed by atoms with E-state index in [1.807, 2.05) is 12.1 Å². The predicted octanol–water partition coefficient (Wildman–Crippen LogP) is 2.35. The minimum Gasteiger partial charge on any atom is -0.496 e. The summed E-state index contributed by atoms with van der Waals surface area (Å²) in [6.45, 7) is 1.29. The van der Waals surface area contributed by atoms with Crippen molar-refractivity contribution in [3.63, 3.8) is 0 Å². The average molecular weight is 272 g/mol. The molecule has 0 radical (unpaired) electrons. The van der Waals surface area contributed by atoms with E-state index < -0.39 is 5.97 Å². The first kappa shape index (κ1) is 11.7. The quantitative estimate of drug-likeness (QED) is 0.482. The molecule has 0 aliphatic heterocycles. The minimum atomic E-state index is -0.458. The van der Waals surface area contributed by atoms with Gasteiger partial charge in [0.1, 0.15) is 5.75 Å². The second kappa shape index (κ2) is 5.50. The maximum absolute atomic E-state index is 10.5. The lowest BCUT2D eigenvalue weighted by atomic mass is 10.2. The zero-order valence-electron chi connectivity index (χ0n) is 8.36. The Bertz CT molecular complexity index is 390. The molecule has 0 saturated heterocycles. The monoisotopic (exact) mass is 271 g/mol. The van der Waals surface area contributed by atoms with Crippen LogP contribution in [-0.4, -0.2) is 19.3 Å². The Morgan fingerprint density at radius 1 is 1.53 bits per heavy atom. The fourth-order valence-electron chi connectivity index (χ4n) is 0.963. The van der Waals surface area contributed by atoms with Gasteiger partial charge in [-0.1, -0.05) is 21.1 Å². The van der Waals surface area contributed by atoms with Crippen LogP contribution in [0.5, 0.6) is 5.75 Å². The van der Waals surface area contributed by atoms with Crippen molar-refractivity contribution in [2.45, 2.75) is 6.92 Å². The van der Waals surface area contributed by atoms with Crippen LogP contribution in [0, 0.1) is 0 Å². The number of methoxy groups -OCH3 is 1. The van der Waals surface area contributed by atoms with E-state index in [1.165, 1.54) is 13.1 Å². The highest BCUT2D eigenvalue weighted by atomic mass is 79.9. The highest BCUT2D eigenvalue weighted by Gasteiger charge is 2.01. The summed E-state index contributed by atoms with van der Waals surface area (Å²) in [7, 11) is 1.56. The fraction of sp³-hybridized carbons (Fsp3) is 0.200. The molecule has 0 fully saturated rings. The lowest BCUT2D eigenvalue weighted by molar-refractivity contribution is -0.140. The van der Waals surface area contributed by atoms with Crippen LogP contribution in [0.1, 0.15) is 12.5 Å². The van der Waals surface area contributed by atoms with E-state index in [4.69, 9.17) is 4.74 Å². The molecule has 0 aliphatic rings. The van der Waals surface area contributed by atoms with Crippen molar-refractivity contribution in [3.8, 4) is 5.75 Å². The Kier molecular flexibility index (Phi) is 4.30. The number of ether oxygens (including phenoxy) is 1. The molecule has 5 heteroatoms. The van der Waals surface area contributed by atoms with Crippen molar-refractivity contribution in [1.29, 1.82) is 0 Å². The molecule has 4 nitrogen and oxygen atoms in total. The smallest absolute Gasteiger partial charge is 0.331 e. The van der Waals surface area contributed by atoms with Gasteiger partial charge in [-0.3, -0.25) is 0 Å². The van der Waals surface area contributed by atoms with Crippen LogP contribution in [0.4, 0.5) is 0 Å². The van der Waals surface area contributed by atoms with Crippen molar-refractivity contribution < 1.29 is 14.4 Å². The molecule has 0 aliphatic carbocycles. The van der Waals surface area contributed by atoms with Gasteiger partial charge in [0.2, 0.25) is 0 Å². The zero-order valence-corrected chi connectivity index (χ0v) is 9.95. The van der Waals surface area contributed by atoms with Crippen molar-refractivity contribution in [1.82, 2.24) is 0 Å². The molecule has 80 valence electrons. The van der Waals surface area contributed by atoms with Crippen LogP contribution >= 0.6 is 15.9 Å². The van der Waals surface area contributed by atoms with Gasteiger partial charge in [-0.25, -0.2) is 4.79 Å². The Morgan fingerprint density at radius 2 is 2.27 bits per heavy atom. The molecular weight excluding hydrogens is 262 g/mol. The number of carbonyl (C=O) groups is 1. The van der Waals surface area contributed by atoms with Gasteiger partial charge >= 0.3 is 5.97 Å². The average Bonchev–Trinajstić information content (AvgIpc) is 2.17. The lowest BCUT2D eigenvalue weighted by Gasteiger charge is -2.03. The first-order valence-electron chi connectivity index (χ1n) is 4.18. The number of oxime groups is 1. The third-order valence-electron chi connectivity index (χ3n) is 1.56. The topological polar surface area (TPSA) is 47.9 Å². The molecule has 0 unspecified atom stereocenters. The van der Waals surface area contributed by atoms with Crippen LogP contribution in [-0.2, 0) is 9.63 Å². The zero-order chi connectivity index (χ0) is 11.3. The molecule has 0 bridgehead atoms. The summed E-state index contributed by atoms with van der Waals surface area (Å²) in [6, 6.07) is 5.45. The first-order valence-corrected chi connectivity index (χ1v) is 4.97. The third kappa shape index (κ3) is 3.71. The van der Waals surface area contributed by atoms with Crippen LogP contribution in [0.25, 0.3) is 0 Å². The molecule has 0 saturated carbocycles. The van der Waals surface area contributed by atoms with Crippen LogP contribution in [0.3, 0.4) is 0 Å². The summed E-state index contributed by atoms with van der Waals surface area (Å²) >= 11 is 3.32. The Morgan fingerprint density at radius 3 is 2.87 bits per heavy atom. The van der Waals surface area contributed by atoms with E-state index in [-0.39, 0.29) is 0 Å². The summed E-state index contributed by atoms with van der Waals surface area (Å²) < 4.78 is 6.00. The predicted molar refractivity (Wildman–Crippen MR) is 60.1 cm³/mol. The standard InChI is InChI=1S/C10H10BrNO3/c1-7(13)15-12-6-8-5-9(11)3-4-10(8)14-2/h3-6H,1-2H3/b12-6+. The van der Waals surface area contributed by atoms with Gasteiger partial charge in [0.05, 0.1) is 13.3 Å². The van der Waals surface area contributed by atoms with Crippen molar-refractivity contribution >= 4 is 28.1 Å². The number of nitrogens with zero attached hydrogens (tertiary/aromatic N) is 1. The molecule has 1 rings (SSSR count). The molecule has 0 aromatic heterocycles. The summed E-state index contributed by atoms with van der Waals surface area (Å²) in [5.41, 5.74) is 0.730. The van der Waals surface area contributed by atoms with Crippen LogP contribution in [0.2, 0.25) is 0 Å². The van der Waals surface area contributed by atoms with Crippen molar-refractivity contribution in [2.75, 3.05) is 7.11 Å². The van der Waals surface area contributed by atoms with Crippen molar-refractivity contribution in [2.24, 2.45) is 5.16 Å². The van der Waals surface area contributed by atoms with E-state index in [0.29, 0.717) is 5.75 Å². The maximum atomic E-state index is 10.5. The Labute approximate surface area is 96.0 Å². The third-order valence-corrected chi connectivity index (χ3v) is 2.06. The van der Waals surface area contributed by atoms with Gasteiger partial charge < -0.3 is 9.57 Å². The molecule has 15 heavy (non-hydrogen) atoms. The number of benzene rings is 1. The first-order chi connectivity index (χ1) is 7.13. The van der Waals surface area contributed by atoms with Crippen LogP contribution < -0.4 is 4.74 Å². The molecule has 1 aromatic carbocycles. The largest absolute Gasteiger partial charge is 0.496 e.